The van der Waals surface area contributed by atoms with E-state index in [2.05, 4.69) is 20.5 Å². The van der Waals surface area contributed by atoms with Gasteiger partial charge in [0.1, 0.15) is 5.82 Å². The van der Waals surface area contributed by atoms with E-state index >= 15 is 0 Å². The van der Waals surface area contributed by atoms with Gasteiger partial charge in [0.15, 0.2) is 17.1 Å². The highest BCUT2D eigenvalue weighted by Gasteiger charge is 2.19. The zero-order chi connectivity index (χ0) is 22.1. The van der Waals surface area contributed by atoms with Gasteiger partial charge in [0.2, 0.25) is 0 Å². The summed E-state index contributed by atoms with van der Waals surface area (Å²) >= 11 is 0. The maximum absolute atomic E-state index is 13.2. The molecule has 4 rings (SSSR count). The molecular formula is C22H24N6O3. The summed E-state index contributed by atoms with van der Waals surface area (Å²) in [6.07, 6.45) is 1.64. The fourth-order valence-electron chi connectivity index (χ4n) is 3.74. The number of nitrogens with one attached hydrogen (secondary N) is 1. The van der Waals surface area contributed by atoms with E-state index in [9.17, 15) is 4.79 Å². The minimum atomic E-state index is -0.244. The van der Waals surface area contributed by atoms with Crippen molar-refractivity contribution in [2.45, 2.75) is 20.4 Å². The number of ether oxygens (including phenoxy) is 2. The standard InChI is InChI=1S/C22H24N6O3/c1-13-11-16(19-14(2)26-27(3)21(19)24-13)22(29)25-18-9-10-23-28(18)12-15-7-6-8-17(30-4)20(15)31-5/h6-11H,12H2,1-5H3,(H,25,29). The molecule has 0 radical (unpaired) electrons. The van der Waals surface area contributed by atoms with Crippen molar-refractivity contribution in [3.05, 3.63) is 59.0 Å². The lowest BCUT2D eigenvalue weighted by Gasteiger charge is -2.14. The Hall–Kier alpha value is -3.88. The molecule has 1 N–H and O–H groups in total. The summed E-state index contributed by atoms with van der Waals surface area (Å²) in [6, 6.07) is 9.19. The van der Waals surface area contributed by atoms with Gasteiger partial charge in [-0.25, -0.2) is 9.67 Å². The Morgan fingerprint density at radius 2 is 1.97 bits per heavy atom. The Kier molecular flexibility index (Phi) is 5.33. The highest BCUT2D eigenvalue weighted by atomic mass is 16.5. The van der Waals surface area contributed by atoms with Crippen LogP contribution in [0.2, 0.25) is 0 Å². The first-order valence-corrected chi connectivity index (χ1v) is 9.77. The van der Waals surface area contributed by atoms with Gasteiger partial charge in [0.25, 0.3) is 5.91 Å². The Balaban J connectivity index is 1.66. The minimum absolute atomic E-state index is 0.244. The van der Waals surface area contributed by atoms with Gasteiger partial charge in [-0.3, -0.25) is 9.48 Å². The van der Waals surface area contributed by atoms with E-state index in [0.717, 1.165) is 22.3 Å². The number of carbonyl (C=O) groups excluding carboxylic acids is 1. The first-order valence-electron chi connectivity index (χ1n) is 9.77. The van der Waals surface area contributed by atoms with Crippen LogP contribution in [0.4, 0.5) is 5.82 Å². The second-order valence-electron chi connectivity index (χ2n) is 7.20. The van der Waals surface area contributed by atoms with Crippen LogP contribution in [0.1, 0.15) is 27.3 Å². The Bertz CT molecular complexity index is 1270. The van der Waals surface area contributed by atoms with Crippen molar-refractivity contribution in [1.82, 2.24) is 24.5 Å². The number of pyridine rings is 1. The SMILES string of the molecule is COc1cccc(Cn2nccc2NC(=O)c2cc(C)nc3c2c(C)nn3C)c1OC. The monoisotopic (exact) mass is 420 g/mol. The molecule has 1 amide bonds. The normalized spacial score (nSPS) is 11.0. The van der Waals surface area contributed by atoms with E-state index in [1.165, 1.54) is 0 Å². The van der Waals surface area contributed by atoms with Crippen molar-refractivity contribution < 1.29 is 14.3 Å². The van der Waals surface area contributed by atoms with Gasteiger partial charge in [-0.2, -0.15) is 10.2 Å². The maximum Gasteiger partial charge on any atom is 0.257 e. The zero-order valence-corrected chi connectivity index (χ0v) is 18.1. The van der Waals surface area contributed by atoms with Crippen LogP contribution in [-0.4, -0.2) is 44.7 Å². The number of hydrogen-bond acceptors (Lipinski definition) is 6. The van der Waals surface area contributed by atoms with Crippen molar-refractivity contribution in [3.8, 4) is 11.5 Å². The number of benzene rings is 1. The number of amides is 1. The molecule has 160 valence electrons. The topological polar surface area (TPSA) is 96.1 Å². The second-order valence-corrected chi connectivity index (χ2v) is 7.20. The largest absolute Gasteiger partial charge is 0.493 e. The molecule has 0 aliphatic rings. The molecule has 4 aromatic rings. The number of aryl methyl sites for hydroxylation is 3. The van der Waals surface area contributed by atoms with Gasteiger partial charge < -0.3 is 14.8 Å². The number of hydrogen-bond donors (Lipinski definition) is 1. The summed E-state index contributed by atoms with van der Waals surface area (Å²) < 4.78 is 14.3. The van der Waals surface area contributed by atoms with Crippen LogP contribution in [0, 0.1) is 13.8 Å². The van der Waals surface area contributed by atoms with Crippen LogP contribution >= 0.6 is 0 Å². The Morgan fingerprint density at radius 3 is 2.71 bits per heavy atom. The quantitative estimate of drug-likeness (QED) is 0.515. The summed E-state index contributed by atoms with van der Waals surface area (Å²) in [7, 11) is 5.01. The van der Waals surface area contributed by atoms with Crippen LogP contribution in [0.25, 0.3) is 11.0 Å². The van der Waals surface area contributed by atoms with Crippen molar-refractivity contribution >= 4 is 22.8 Å². The molecule has 3 aromatic heterocycles. The first kappa shape index (κ1) is 20.4. The van der Waals surface area contributed by atoms with Crippen molar-refractivity contribution in [2.24, 2.45) is 7.05 Å². The maximum atomic E-state index is 13.2. The molecule has 3 heterocycles. The van der Waals surface area contributed by atoms with Gasteiger partial charge in [0.05, 0.1) is 43.6 Å². The number of aromatic nitrogens is 5. The lowest BCUT2D eigenvalue weighted by atomic mass is 10.1. The molecule has 0 spiro atoms. The van der Waals surface area contributed by atoms with Crippen LogP contribution < -0.4 is 14.8 Å². The highest BCUT2D eigenvalue weighted by molar-refractivity contribution is 6.12. The molecule has 1 aromatic carbocycles. The van der Waals surface area contributed by atoms with Gasteiger partial charge in [-0.1, -0.05) is 12.1 Å². The Morgan fingerprint density at radius 1 is 1.16 bits per heavy atom. The van der Waals surface area contributed by atoms with Crippen LogP contribution in [0.15, 0.2) is 36.5 Å². The Labute approximate surface area is 179 Å². The molecule has 0 saturated heterocycles. The lowest BCUT2D eigenvalue weighted by Crippen LogP contribution is -2.17. The summed E-state index contributed by atoms with van der Waals surface area (Å²) in [6.45, 7) is 4.13. The van der Waals surface area contributed by atoms with Gasteiger partial charge in [-0.15, -0.1) is 0 Å². The van der Waals surface area contributed by atoms with E-state index in [1.807, 2.05) is 39.1 Å². The van der Waals surface area contributed by atoms with Crippen molar-refractivity contribution in [2.75, 3.05) is 19.5 Å². The van der Waals surface area contributed by atoms with E-state index in [4.69, 9.17) is 9.47 Å². The molecule has 0 bridgehead atoms. The molecule has 9 nitrogen and oxygen atoms in total. The second kappa shape index (κ2) is 8.10. The summed E-state index contributed by atoms with van der Waals surface area (Å²) in [5.41, 5.74) is 3.59. The molecule has 0 unspecified atom stereocenters. The van der Waals surface area contributed by atoms with E-state index in [-0.39, 0.29) is 5.91 Å². The highest BCUT2D eigenvalue weighted by Crippen LogP contribution is 2.31. The predicted molar refractivity (Wildman–Crippen MR) is 117 cm³/mol. The number of fused-ring (bicyclic) bond motifs is 1. The van der Waals surface area contributed by atoms with Gasteiger partial charge >= 0.3 is 0 Å². The number of carbonyl (C=O) groups is 1. The molecule has 0 aliphatic carbocycles. The van der Waals surface area contributed by atoms with Crippen LogP contribution in [0.3, 0.4) is 0 Å². The average molecular weight is 420 g/mol. The van der Waals surface area contributed by atoms with E-state index in [0.29, 0.717) is 35.1 Å². The number of rotatable bonds is 6. The predicted octanol–water partition coefficient (Wildman–Crippen LogP) is 3.10. The average Bonchev–Trinajstić information content (AvgIpc) is 3.30. The molecule has 0 fully saturated rings. The van der Waals surface area contributed by atoms with E-state index < -0.39 is 0 Å². The van der Waals surface area contributed by atoms with Crippen LogP contribution in [0.5, 0.6) is 11.5 Å². The molecular weight excluding hydrogens is 396 g/mol. The third-order valence-corrected chi connectivity index (χ3v) is 5.10. The summed E-state index contributed by atoms with van der Waals surface area (Å²) in [5.74, 6) is 1.60. The first-order chi connectivity index (χ1) is 14.9. The number of nitrogens with zero attached hydrogens (tertiary/aromatic N) is 5. The number of methoxy groups -OCH3 is 2. The van der Waals surface area contributed by atoms with Crippen LogP contribution in [-0.2, 0) is 13.6 Å². The molecule has 0 saturated carbocycles. The zero-order valence-electron chi connectivity index (χ0n) is 18.1. The van der Waals surface area contributed by atoms with E-state index in [1.54, 1.807) is 41.9 Å². The van der Waals surface area contributed by atoms with Gasteiger partial charge in [-0.05, 0) is 26.0 Å². The number of para-hydroxylation sites is 1. The van der Waals surface area contributed by atoms with Crippen molar-refractivity contribution in [1.29, 1.82) is 0 Å². The lowest BCUT2D eigenvalue weighted by molar-refractivity contribution is 0.102. The third kappa shape index (κ3) is 3.70. The van der Waals surface area contributed by atoms with Gasteiger partial charge in [0, 0.05) is 24.4 Å². The third-order valence-electron chi connectivity index (χ3n) is 5.10. The smallest absolute Gasteiger partial charge is 0.257 e. The molecule has 9 heteroatoms. The summed E-state index contributed by atoms with van der Waals surface area (Å²) in [5, 5.41) is 12.5. The summed E-state index contributed by atoms with van der Waals surface area (Å²) in [4.78, 5) is 17.7. The molecule has 0 atom stereocenters. The van der Waals surface area contributed by atoms with Crippen molar-refractivity contribution in [3.63, 3.8) is 0 Å². The molecule has 0 aliphatic heterocycles. The fourth-order valence-corrected chi connectivity index (χ4v) is 3.74. The molecule has 31 heavy (non-hydrogen) atoms. The minimum Gasteiger partial charge on any atom is -0.493 e. The fraction of sp³-hybridized carbons (Fsp3) is 0.273. The number of anilines is 1.